The molecular weight excluding hydrogens is 366 g/mol. The van der Waals surface area contributed by atoms with Gasteiger partial charge in [-0.2, -0.15) is 4.98 Å². The van der Waals surface area contributed by atoms with Crippen molar-refractivity contribution in [3.8, 4) is 22.9 Å². The first-order valence-electron chi connectivity index (χ1n) is 8.48. The van der Waals surface area contributed by atoms with Crippen LogP contribution in [0.4, 0.5) is 0 Å². The van der Waals surface area contributed by atoms with Gasteiger partial charge in [-0.3, -0.25) is 14.3 Å². The summed E-state index contributed by atoms with van der Waals surface area (Å²) < 4.78 is 16.9. The van der Waals surface area contributed by atoms with Crippen LogP contribution in [0.15, 0.2) is 50.8 Å². The maximum Gasteiger partial charge on any atom is 0.328 e. The van der Waals surface area contributed by atoms with E-state index in [0.29, 0.717) is 39.7 Å². The van der Waals surface area contributed by atoms with E-state index in [0.717, 1.165) is 4.57 Å². The van der Waals surface area contributed by atoms with Gasteiger partial charge in [0.05, 0.1) is 10.9 Å². The van der Waals surface area contributed by atoms with Gasteiger partial charge >= 0.3 is 5.69 Å². The molecule has 4 aromatic rings. The molecule has 0 aliphatic carbocycles. The number of fused-ring (bicyclic) bond motifs is 2. The van der Waals surface area contributed by atoms with Gasteiger partial charge in [-0.15, -0.1) is 0 Å². The molecule has 0 unspecified atom stereocenters. The molecule has 0 amide bonds. The Bertz CT molecular complexity index is 1290. The number of aromatic amines is 1. The zero-order chi connectivity index (χ0) is 19.1. The Labute approximate surface area is 156 Å². The monoisotopic (exact) mass is 379 g/mol. The van der Waals surface area contributed by atoms with Gasteiger partial charge < -0.3 is 19.0 Å². The number of rotatable bonds is 4. The SMILES string of the molecule is O=c1[nH]c2cc3c(cc2c(=O)n1CCc1nc(-c2cccnc2)no1)OCO3. The average Bonchev–Trinajstić information content (AvgIpc) is 3.36. The molecule has 0 atom stereocenters. The van der Waals surface area contributed by atoms with Crippen molar-refractivity contribution in [1.29, 1.82) is 0 Å². The Kier molecular flexibility index (Phi) is 3.68. The predicted molar refractivity (Wildman–Crippen MR) is 96.2 cm³/mol. The summed E-state index contributed by atoms with van der Waals surface area (Å²) in [6, 6.07) is 6.73. The van der Waals surface area contributed by atoms with Crippen molar-refractivity contribution < 1.29 is 14.0 Å². The minimum atomic E-state index is -0.525. The lowest BCUT2D eigenvalue weighted by molar-refractivity contribution is 0.174. The second kappa shape index (κ2) is 6.34. The highest BCUT2D eigenvalue weighted by Crippen LogP contribution is 2.34. The molecule has 1 N–H and O–H groups in total. The van der Waals surface area contributed by atoms with Crippen LogP contribution in [-0.2, 0) is 13.0 Å². The molecule has 1 aliphatic rings. The Morgan fingerprint density at radius 3 is 2.86 bits per heavy atom. The lowest BCUT2D eigenvalue weighted by Crippen LogP contribution is -2.35. The average molecular weight is 379 g/mol. The molecule has 5 rings (SSSR count). The Balaban J connectivity index is 1.44. The Hall–Kier alpha value is -3.95. The fraction of sp³-hybridized carbons (Fsp3) is 0.167. The van der Waals surface area contributed by atoms with Crippen LogP contribution in [0.25, 0.3) is 22.3 Å². The topological polar surface area (TPSA) is 125 Å². The summed E-state index contributed by atoms with van der Waals surface area (Å²) in [6.45, 7) is 0.174. The zero-order valence-corrected chi connectivity index (χ0v) is 14.4. The number of aryl methyl sites for hydroxylation is 1. The second-order valence-corrected chi connectivity index (χ2v) is 6.14. The van der Waals surface area contributed by atoms with Gasteiger partial charge in [0, 0.05) is 37.0 Å². The third-order valence-electron chi connectivity index (χ3n) is 4.41. The van der Waals surface area contributed by atoms with E-state index in [1.807, 2.05) is 6.07 Å². The molecule has 3 aromatic heterocycles. The molecule has 0 spiro atoms. The van der Waals surface area contributed by atoms with E-state index in [4.69, 9.17) is 14.0 Å². The molecule has 0 fully saturated rings. The molecular formula is C18H13N5O5. The van der Waals surface area contributed by atoms with Crippen LogP contribution in [0, 0.1) is 0 Å². The van der Waals surface area contributed by atoms with E-state index >= 15 is 0 Å². The summed E-state index contributed by atoms with van der Waals surface area (Å²) in [5, 5.41) is 4.24. The molecule has 0 bridgehead atoms. The summed E-state index contributed by atoms with van der Waals surface area (Å²) in [4.78, 5) is 36.1. The van der Waals surface area contributed by atoms with Crippen LogP contribution in [0.1, 0.15) is 5.89 Å². The number of nitrogens with one attached hydrogen (secondary N) is 1. The predicted octanol–water partition coefficient (Wildman–Crippen LogP) is 1.11. The molecule has 0 saturated carbocycles. The lowest BCUT2D eigenvalue weighted by atomic mass is 10.2. The highest BCUT2D eigenvalue weighted by Gasteiger charge is 2.18. The summed E-state index contributed by atoms with van der Waals surface area (Å²) in [7, 11) is 0. The summed E-state index contributed by atoms with van der Waals surface area (Å²) in [6.07, 6.45) is 3.50. The normalized spacial score (nSPS) is 12.6. The number of hydrogen-bond donors (Lipinski definition) is 1. The molecule has 1 aliphatic heterocycles. The minimum absolute atomic E-state index is 0.0838. The molecule has 140 valence electrons. The number of benzene rings is 1. The second-order valence-electron chi connectivity index (χ2n) is 6.14. The fourth-order valence-electron chi connectivity index (χ4n) is 3.02. The van der Waals surface area contributed by atoms with Crippen LogP contribution < -0.4 is 20.7 Å². The van der Waals surface area contributed by atoms with Crippen LogP contribution in [-0.4, -0.2) is 31.5 Å². The lowest BCUT2D eigenvalue weighted by Gasteiger charge is -2.06. The van der Waals surface area contributed by atoms with E-state index < -0.39 is 11.2 Å². The van der Waals surface area contributed by atoms with Gasteiger partial charge in [-0.05, 0) is 18.2 Å². The van der Waals surface area contributed by atoms with Gasteiger partial charge in [0.25, 0.3) is 5.56 Å². The number of H-pyrrole nitrogens is 1. The van der Waals surface area contributed by atoms with Crippen LogP contribution in [0.3, 0.4) is 0 Å². The van der Waals surface area contributed by atoms with Gasteiger partial charge in [-0.25, -0.2) is 4.79 Å². The van der Waals surface area contributed by atoms with E-state index in [-0.39, 0.29) is 19.8 Å². The van der Waals surface area contributed by atoms with Crippen LogP contribution >= 0.6 is 0 Å². The summed E-state index contributed by atoms with van der Waals surface area (Å²) in [5.74, 6) is 1.68. The maximum atomic E-state index is 12.8. The molecule has 0 radical (unpaired) electrons. The minimum Gasteiger partial charge on any atom is -0.454 e. The van der Waals surface area contributed by atoms with Gasteiger partial charge in [0.15, 0.2) is 11.5 Å². The number of pyridine rings is 1. The number of ether oxygens (including phenoxy) is 2. The van der Waals surface area contributed by atoms with Crippen molar-refractivity contribution in [1.82, 2.24) is 24.7 Å². The van der Waals surface area contributed by atoms with Crippen molar-refractivity contribution in [2.45, 2.75) is 13.0 Å². The van der Waals surface area contributed by atoms with Crippen molar-refractivity contribution in [2.24, 2.45) is 0 Å². The number of nitrogens with zero attached hydrogens (tertiary/aromatic N) is 4. The summed E-state index contributed by atoms with van der Waals surface area (Å²) in [5.41, 5.74) is 0.161. The number of hydrogen-bond acceptors (Lipinski definition) is 8. The Morgan fingerprint density at radius 2 is 2.04 bits per heavy atom. The molecule has 0 saturated heterocycles. The van der Waals surface area contributed by atoms with Gasteiger partial charge in [0.2, 0.25) is 18.5 Å². The molecule has 4 heterocycles. The smallest absolute Gasteiger partial charge is 0.328 e. The third kappa shape index (κ3) is 2.71. The van der Waals surface area contributed by atoms with Crippen LogP contribution in [0.2, 0.25) is 0 Å². The number of aromatic nitrogens is 5. The fourth-order valence-corrected chi connectivity index (χ4v) is 3.02. The highest BCUT2D eigenvalue weighted by atomic mass is 16.7. The largest absolute Gasteiger partial charge is 0.454 e. The van der Waals surface area contributed by atoms with E-state index in [9.17, 15) is 9.59 Å². The quantitative estimate of drug-likeness (QED) is 0.559. The zero-order valence-electron chi connectivity index (χ0n) is 14.4. The van der Waals surface area contributed by atoms with E-state index in [2.05, 4.69) is 20.1 Å². The van der Waals surface area contributed by atoms with Crippen molar-refractivity contribution >= 4 is 10.9 Å². The first-order valence-corrected chi connectivity index (χ1v) is 8.48. The first-order chi connectivity index (χ1) is 13.7. The van der Waals surface area contributed by atoms with Crippen LogP contribution in [0.5, 0.6) is 11.5 Å². The molecule has 10 heteroatoms. The molecule has 10 nitrogen and oxygen atoms in total. The molecule has 28 heavy (non-hydrogen) atoms. The van der Waals surface area contributed by atoms with E-state index in [1.165, 1.54) is 0 Å². The van der Waals surface area contributed by atoms with Gasteiger partial charge in [-0.1, -0.05) is 5.16 Å². The third-order valence-corrected chi connectivity index (χ3v) is 4.41. The van der Waals surface area contributed by atoms with Gasteiger partial charge in [0.1, 0.15) is 0 Å². The van der Waals surface area contributed by atoms with Crippen molar-refractivity contribution in [3.63, 3.8) is 0 Å². The Morgan fingerprint density at radius 1 is 1.18 bits per heavy atom. The van der Waals surface area contributed by atoms with Crippen molar-refractivity contribution in [3.05, 3.63) is 63.4 Å². The first kappa shape index (κ1) is 16.2. The standard InChI is InChI=1S/C18H13N5O5/c24-17-11-6-13-14(27-9-26-13)7-12(11)20-18(25)23(17)5-3-15-21-16(22-28-15)10-2-1-4-19-8-10/h1-2,4,6-8H,3,5,9H2,(H,20,25). The maximum absolute atomic E-state index is 12.8. The highest BCUT2D eigenvalue weighted by molar-refractivity contribution is 5.81. The van der Waals surface area contributed by atoms with E-state index in [1.54, 1.807) is 30.6 Å². The summed E-state index contributed by atoms with van der Waals surface area (Å²) >= 11 is 0. The molecule has 1 aromatic carbocycles. The van der Waals surface area contributed by atoms with Crippen molar-refractivity contribution in [2.75, 3.05) is 6.79 Å².